The van der Waals surface area contributed by atoms with Gasteiger partial charge in [-0.15, -0.1) is 0 Å². The Morgan fingerprint density at radius 3 is 2.64 bits per heavy atom. The van der Waals surface area contributed by atoms with E-state index in [4.69, 9.17) is 10.5 Å². The summed E-state index contributed by atoms with van der Waals surface area (Å²) in [5.74, 6) is -0.728. The third-order valence-corrected chi connectivity index (χ3v) is 6.92. The normalized spacial score (nSPS) is 17.6. The molecule has 212 valence electrons. The van der Waals surface area contributed by atoms with Gasteiger partial charge < -0.3 is 15.8 Å². The second-order valence-electron chi connectivity index (χ2n) is 10.9. The van der Waals surface area contributed by atoms with E-state index in [0.29, 0.717) is 31.9 Å². The smallest absolute Gasteiger partial charge is 0.258 e. The molecular weight excluding hydrogens is 494 g/mol. The van der Waals surface area contributed by atoms with Crippen molar-refractivity contribution < 1.29 is 19.1 Å². The number of nitrogens with one attached hydrogen (secondary N) is 2. The molecule has 3 amide bonds. The van der Waals surface area contributed by atoms with Gasteiger partial charge in [-0.1, -0.05) is 52.0 Å². The summed E-state index contributed by atoms with van der Waals surface area (Å²) in [5.41, 5.74) is 10.4. The molecule has 1 saturated heterocycles. The number of hydrazine groups is 1. The Morgan fingerprint density at radius 1 is 1.18 bits per heavy atom. The number of ether oxygens (including phenoxy) is 1. The highest BCUT2D eigenvalue weighted by Gasteiger charge is 2.31. The van der Waals surface area contributed by atoms with Crippen LogP contribution in [0.4, 0.5) is 0 Å². The number of nitrogens with zero attached hydrogens (tertiary/aromatic N) is 2. The Balaban J connectivity index is 1.46. The predicted octanol–water partition coefficient (Wildman–Crippen LogP) is 3.68. The SMILES string of the molecule is CC(NC(=O)C(OCCCC=Cc1cc2cc(C(C)C)ccc2cn1)C(C)C)C(=O)N1CCCC(C(N)=O)N1. The highest BCUT2D eigenvalue weighted by Crippen LogP contribution is 2.22. The highest BCUT2D eigenvalue weighted by molar-refractivity contribution is 5.89. The summed E-state index contributed by atoms with van der Waals surface area (Å²) >= 11 is 0. The number of hydrogen-bond acceptors (Lipinski definition) is 6. The lowest BCUT2D eigenvalue weighted by molar-refractivity contribution is -0.145. The Morgan fingerprint density at radius 2 is 1.95 bits per heavy atom. The fraction of sp³-hybridized carbons (Fsp3) is 0.533. The van der Waals surface area contributed by atoms with Gasteiger partial charge in [-0.05, 0) is 67.5 Å². The Kier molecular flexibility index (Phi) is 11.0. The monoisotopic (exact) mass is 537 g/mol. The van der Waals surface area contributed by atoms with E-state index < -0.39 is 24.1 Å². The van der Waals surface area contributed by atoms with Crippen LogP contribution in [-0.2, 0) is 19.1 Å². The lowest BCUT2D eigenvalue weighted by Gasteiger charge is -2.34. The molecule has 9 nitrogen and oxygen atoms in total. The van der Waals surface area contributed by atoms with Crippen LogP contribution in [0.15, 0.2) is 36.5 Å². The van der Waals surface area contributed by atoms with Crippen molar-refractivity contribution in [1.82, 2.24) is 20.7 Å². The molecule has 1 fully saturated rings. The highest BCUT2D eigenvalue weighted by atomic mass is 16.5. The summed E-state index contributed by atoms with van der Waals surface area (Å²) in [6.07, 6.45) is 8.09. The molecule has 1 aliphatic rings. The van der Waals surface area contributed by atoms with E-state index in [1.807, 2.05) is 26.1 Å². The van der Waals surface area contributed by atoms with E-state index in [1.165, 1.54) is 16.0 Å². The van der Waals surface area contributed by atoms with Crippen molar-refractivity contribution in [1.29, 1.82) is 0 Å². The van der Waals surface area contributed by atoms with Gasteiger partial charge in [-0.25, -0.2) is 5.43 Å². The lowest BCUT2D eigenvalue weighted by Crippen LogP contribution is -2.60. The molecule has 1 aromatic carbocycles. The van der Waals surface area contributed by atoms with Crippen LogP contribution in [0.25, 0.3) is 16.8 Å². The number of benzene rings is 1. The number of allylic oxidation sites excluding steroid dienone is 1. The Labute approximate surface area is 231 Å². The van der Waals surface area contributed by atoms with E-state index in [2.05, 4.69) is 59.9 Å². The molecule has 0 bridgehead atoms. The molecule has 1 aliphatic heterocycles. The molecule has 4 N–H and O–H groups in total. The minimum Gasteiger partial charge on any atom is -0.368 e. The molecule has 3 rings (SSSR count). The number of carbonyl (C=O) groups is 3. The minimum absolute atomic E-state index is 0.0623. The number of pyridine rings is 1. The first-order chi connectivity index (χ1) is 18.6. The largest absolute Gasteiger partial charge is 0.368 e. The first-order valence-electron chi connectivity index (χ1n) is 13.9. The number of nitrogens with two attached hydrogens (primary N) is 1. The number of primary amides is 1. The van der Waals surface area contributed by atoms with E-state index in [0.717, 1.165) is 23.9 Å². The van der Waals surface area contributed by atoms with Crippen LogP contribution in [0.5, 0.6) is 0 Å². The maximum atomic E-state index is 12.9. The topological polar surface area (TPSA) is 127 Å². The summed E-state index contributed by atoms with van der Waals surface area (Å²) < 4.78 is 5.92. The number of carbonyl (C=O) groups excluding carboxylic acids is 3. The fourth-order valence-corrected chi connectivity index (χ4v) is 4.55. The van der Waals surface area contributed by atoms with Crippen LogP contribution in [0.3, 0.4) is 0 Å². The molecule has 9 heteroatoms. The first kappa shape index (κ1) is 30.2. The van der Waals surface area contributed by atoms with Crippen LogP contribution in [0, 0.1) is 5.92 Å². The predicted molar refractivity (Wildman–Crippen MR) is 153 cm³/mol. The van der Waals surface area contributed by atoms with E-state index in [9.17, 15) is 14.4 Å². The van der Waals surface area contributed by atoms with Gasteiger partial charge in [-0.2, -0.15) is 0 Å². The molecule has 1 aromatic heterocycles. The van der Waals surface area contributed by atoms with Crippen molar-refractivity contribution in [3.05, 3.63) is 47.8 Å². The lowest BCUT2D eigenvalue weighted by atomic mass is 10.00. The van der Waals surface area contributed by atoms with Gasteiger partial charge >= 0.3 is 0 Å². The van der Waals surface area contributed by atoms with Gasteiger partial charge in [0.1, 0.15) is 18.2 Å². The third-order valence-electron chi connectivity index (χ3n) is 6.92. The summed E-state index contributed by atoms with van der Waals surface area (Å²) in [7, 11) is 0. The number of aromatic nitrogens is 1. The van der Waals surface area contributed by atoms with Gasteiger partial charge in [0.05, 0.1) is 5.69 Å². The Bertz CT molecular complexity index is 1180. The van der Waals surface area contributed by atoms with Crippen molar-refractivity contribution >= 4 is 34.6 Å². The molecule has 0 aliphatic carbocycles. The zero-order chi connectivity index (χ0) is 28.5. The standard InChI is InChI=1S/C30H43N5O4/c1-19(2)22-12-13-23-18-32-25(17-24(23)16-22)10-7-6-8-15-39-27(20(3)4)29(37)33-21(5)30(38)35-14-9-11-26(34-35)28(31)36/h7,10,12-13,16-21,26-27,34H,6,8-9,11,14-15H2,1-5H3,(H2,31,36)(H,33,37). The number of rotatable bonds is 12. The van der Waals surface area contributed by atoms with Crippen molar-refractivity contribution in [3.63, 3.8) is 0 Å². The number of fused-ring (bicyclic) bond motifs is 1. The maximum absolute atomic E-state index is 12.9. The van der Waals surface area contributed by atoms with Gasteiger partial charge in [0, 0.05) is 24.7 Å². The molecule has 2 aromatic rings. The van der Waals surface area contributed by atoms with E-state index in [1.54, 1.807) is 6.92 Å². The third kappa shape index (κ3) is 8.60. The van der Waals surface area contributed by atoms with Gasteiger partial charge in [0.15, 0.2) is 0 Å². The fourth-order valence-electron chi connectivity index (χ4n) is 4.55. The first-order valence-corrected chi connectivity index (χ1v) is 13.9. The zero-order valence-electron chi connectivity index (χ0n) is 23.8. The van der Waals surface area contributed by atoms with Crippen LogP contribution in [-0.4, -0.2) is 59.1 Å². The number of unbranched alkanes of at least 4 members (excludes halogenated alkanes) is 1. The van der Waals surface area contributed by atoms with Gasteiger partial charge in [-0.3, -0.25) is 24.4 Å². The second kappa shape index (κ2) is 14.2. The van der Waals surface area contributed by atoms with Crippen molar-refractivity contribution in [2.45, 2.75) is 84.4 Å². The average molecular weight is 538 g/mol. The number of amides is 3. The average Bonchev–Trinajstić information content (AvgIpc) is 2.91. The molecule has 3 atom stereocenters. The summed E-state index contributed by atoms with van der Waals surface area (Å²) in [5, 5.41) is 6.45. The van der Waals surface area contributed by atoms with Crippen LogP contribution >= 0.6 is 0 Å². The van der Waals surface area contributed by atoms with Gasteiger partial charge in [0.2, 0.25) is 11.8 Å². The van der Waals surface area contributed by atoms with Crippen LogP contribution < -0.4 is 16.5 Å². The van der Waals surface area contributed by atoms with E-state index >= 15 is 0 Å². The summed E-state index contributed by atoms with van der Waals surface area (Å²) in [6.45, 7) is 10.7. The molecular formula is C30H43N5O4. The van der Waals surface area contributed by atoms with E-state index in [-0.39, 0.29) is 17.7 Å². The molecule has 0 radical (unpaired) electrons. The Hall–Kier alpha value is -3.30. The van der Waals surface area contributed by atoms with Crippen molar-refractivity contribution in [2.75, 3.05) is 13.2 Å². The van der Waals surface area contributed by atoms with Crippen molar-refractivity contribution in [3.8, 4) is 0 Å². The second-order valence-corrected chi connectivity index (χ2v) is 10.9. The molecule has 3 unspecified atom stereocenters. The molecule has 2 heterocycles. The quantitative estimate of drug-likeness (QED) is 0.355. The van der Waals surface area contributed by atoms with Crippen LogP contribution in [0.2, 0.25) is 0 Å². The summed E-state index contributed by atoms with van der Waals surface area (Å²) in [6, 6.07) is 7.24. The van der Waals surface area contributed by atoms with Crippen LogP contribution in [0.1, 0.15) is 77.5 Å². The molecule has 39 heavy (non-hydrogen) atoms. The number of hydrogen-bond donors (Lipinski definition) is 3. The maximum Gasteiger partial charge on any atom is 0.258 e. The molecule has 0 spiro atoms. The minimum atomic E-state index is -0.768. The zero-order valence-corrected chi connectivity index (χ0v) is 23.8. The summed E-state index contributed by atoms with van der Waals surface area (Å²) in [4.78, 5) is 41.7. The van der Waals surface area contributed by atoms with Gasteiger partial charge in [0.25, 0.3) is 5.91 Å². The molecule has 0 saturated carbocycles. The van der Waals surface area contributed by atoms with Crippen molar-refractivity contribution in [2.24, 2.45) is 11.7 Å².